The number of nitrogens with zero attached hydrogens (tertiary/aromatic N) is 1. The first kappa shape index (κ1) is 24.4. The number of hydrogen-bond donors (Lipinski definition) is 0. The van der Waals surface area contributed by atoms with Gasteiger partial charge in [-0.2, -0.15) is 0 Å². The zero-order valence-corrected chi connectivity index (χ0v) is 17.5. The minimum absolute atomic E-state index is 0.0363. The molecule has 0 aromatic carbocycles. The van der Waals surface area contributed by atoms with E-state index in [2.05, 4.69) is 25.7 Å². The SMILES string of the molecule is CCCCCCCCCCCCCCCOC(=O)CCN(CC)CC. The van der Waals surface area contributed by atoms with Gasteiger partial charge in [0.25, 0.3) is 0 Å². The maximum Gasteiger partial charge on any atom is 0.307 e. The quantitative estimate of drug-likeness (QED) is 0.200. The lowest BCUT2D eigenvalue weighted by molar-refractivity contribution is -0.144. The van der Waals surface area contributed by atoms with Gasteiger partial charge in [-0.05, 0) is 19.5 Å². The van der Waals surface area contributed by atoms with Crippen LogP contribution < -0.4 is 0 Å². The molecule has 0 saturated heterocycles. The second-order valence-corrected chi connectivity index (χ2v) is 7.24. The van der Waals surface area contributed by atoms with Crippen molar-refractivity contribution in [1.29, 1.82) is 0 Å². The third kappa shape index (κ3) is 18.0. The van der Waals surface area contributed by atoms with Crippen LogP contribution in [0.3, 0.4) is 0 Å². The fourth-order valence-electron chi connectivity index (χ4n) is 3.17. The molecule has 0 rings (SSSR count). The number of rotatable bonds is 19. The summed E-state index contributed by atoms with van der Waals surface area (Å²) in [7, 11) is 0. The molecule has 0 fully saturated rings. The molecule has 0 aliphatic rings. The van der Waals surface area contributed by atoms with Crippen molar-refractivity contribution < 1.29 is 9.53 Å². The van der Waals surface area contributed by atoms with Crippen LogP contribution in [-0.2, 0) is 9.53 Å². The van der Waals surface area contributed by atoms with E-state index in [4.69, 9.17) is 4.74 Å². The van der Waals surface area contributed by atoms with Crippen molar-refractivity contribution in [3.63, 3.8) is 0 Å². The summed E-state index contributed by atoms with van der Waals surface area (Å²) in [5.41, 5.74) is 0. The van der Waals surface area contributed by atoms with E-state index in [-0.39, 0.29) is 5.97 Å². The molecule has 0 spiro atoms. The van der Waals surface area contributed by atoms with E-state index in [1.165, 1.54) is 77.0 Å². The lowest BCUT2D eigenvalue weighted by Gasteiger charge is -2.16. The second-order valence-electron chi connectivity index (χ2n) is 7.24. The van der Waals surface area contributed by atoms with Crippen molar-refractivity contribution in [2.75, 3.05) is 26.2 Å². The zero-order valence-electron chi connectivity index (χ0n) is 17.5. The molecular formula is C22H45NO2. The molecule has 0 aromatic heterocycles. The van der Waals surface area contributed by atoms with Crippen LogP contribution in [0.15, 0.2) is 0 Å². The number of carbonyl (C=O) groups excluding carboxylic acids is 1. The highest BCUT2D eigenvalue weighted by Crippen LogP contribution is 2.12. The standard InChI is InChI=1S/C22H45NO2/c1-4-7-8-9-10-11-12-13-14-15-16-17-18-21-25-22(24)19-20-23(5-2)6-3/h4-21H2,1-3H3. The molecule has 3 nitrogen and oxygen atoms in total. The average Bonchev–Trinajstić information content (AvgIpc) is 2.62. The normalized spacial score (nSPS) is 11.2. The number of ether oxygens (including phenoxy) is 1. The Labute approximate surface area is 157 Å². The van der Waals surface area contributed by atoms with Gasteiger partial charge in [0, 0.05) is 6.54 Å². The predicted molar refractivity (Wildman–Crippen MR) is 109 cm³/mol. The van der Waals surface area contributed by atoms with Gasteiger partial charge in [0.1, 0.15) is 0 Å². The van der Waals surface area contributed by atoms with Crippen LogP contribution in [0.1, 0.15) is 111 Å². The Morgan fingerprint density at radius 2 is 1.12 bits per heavy atom. The Bertz CT molecular complexity index is 277. The highest BCUT2D eigenvalue weighted by Gasteiger charge is 2.05. The molecule has 0 aliphatic carbocycles. The monoisotopic (exact) mass is 355 g/mol. The van der Waals surface area contributed by atoms with Gasteiger partial charge in [-0.1, -0.05) is 97.8 Å². The van der Waals surface area contributed by atoms with E-state index < -0.39 is 0 Å². The Morgan fingerprint density at radius 3 is 1.56 bits per heavy atom. The molecule has 0 amide bonds. The fraction of sp³-hybridized carbons (Fsp3) is 0.955. The lowest BCUT2D eigenvalue weighted by atomic mass is 10.0. The Kier molecular flexibility index (Phi) is 19.3. The molecule has 0 atom stereocenters. The van der Waals surface area contributed by atoms with E-state index in [9.17, 15) is 4.79 Å². The molecule has 150 valence electrons. The molecule has 0 saturated carbocycles. The first-order valence-corrected chi connectivity index (χ1v) is 11.1. The summed E-state index contributed by atoms with van der Waals surface area (Å²) in [6.07, 6.45) is 18.0. The van der Waals surface area contributed by atoms with Crippen molar-refractivity contribution in [1.82, 2.24) is 4.90 Å². The molecule has 0 unspecified atom stereocenters. The van der Waals surface area contributed by atoms with E-state index in [0.29, 0.717) is 13.0 Å². The largest absolute Gasteiger partial charge is 0.466 e. The number of carbonyl (C=O) groups is 1. The van der Waals surface area contributed by atoms with Crippen molar-refractivity contribution in [2.24, 2.45) is 0 Å². The molecule has 25 heavy (non-hydrogen) atoms. The van der Waals surface area contributed by atoms with E-state index in [1.807, 2.05) is 0 Å². The Morgan fingerprint density at radius 1 is 0.680 bits per heavy atom. The van der Waals surface area contributed by atoms with Crippen LogP contribution in [-0.4, -0.2) is 37.1 Å². The van der Waals surface area contributed by atoms with E-state index in [1.54, 1.807) is 0 Å². The van der Waals surface area contributed by atoms with E-state index in [0.717, 1.165) is 26.1 Å². The second kappa shape index (κ2) is 19.8. The van der Waals surface area contributed by atoms with Crippen molar-refractivity contribution in [3.8, 4) is 0 Å². The topological polar surface area (TPSA) is 29.5 Å². The smallest absolute Gasteiger partial charge is 0.307 e. The summed E-state index contributed by atoms with van der Waals surface area (Å²) in [5.74, 6) is -0.0363. The lowest BCUT2D eigenvalue weighted by Crippen LogP contribution is -2.26. The molecule has 0 aliphatic heterocycles. The molecular weight excluding hydrogens is 310 g/mol. The van der Waals surface area contributed by atoms with Gasteiger partial charge in [0.05, 0.1) is 13.0 Å². The summed E-state index contributed by atoms with van der Waals surface area (Å²) in [6, 6.07) is 0. The highest BCUT2D eigenvalue weighted by atomic mass is 16.5. The minimum Gasteiger partial charge on any atom is -0.466 e. The van der Waals surface area contributed by atoms with Crippen LogP contribution in [0.5, 0.6) is 0 Å². The van der Waals surface area contributed by atoms with Crippen molar-refractivity contribution in [2.45, 2.75) is 111 Å². The van der Waals surface area contributed by atoms with Crippen molar-refractivity contribution in [3.05, 3.63) is 0 Å². The van der Waals surface area contributed by atoms with Crippen LogP contribution >= 0.6 is 0 Å². The first-order chi connectivity index (χ1) is 12.2. The summed E-state index contributed by atoms with van der Waals surface area (Å²) in [5, 5.41) is 0. The third-order valence-electron chi connectivity index (χ3n) is 5.04. The van der Waals surface area contributed by atoms with Crippen LogP contribution in [0.25, 0.3) is 0 Å². The summed E-state index contributed by atoms with van der Waals surface area (Å²) in [4.78, 5) is 13.9. The molecule has 0 radical (unpaired) electrons. The van der Waals surface area contributed by atoms with Gasteiger partial charge < -0.3 is 9.64 Å². The van der Waals surface area contributed by atoms with E-state index >= 15 is 0 Å². The van der Waals surface area contributed by atoms with Gasteiger partial charge >= 0.3 is 5.97 Å². The summed E-state index contributed by atoms with van der Waals surface area (Å²) < 4.78 is 5.32. The molecule has 0 aromatic rings. The van der Waals surface area contributed by atoms with Gasteiger partial charge in [-0.15, -0.1) is 0 Å². The maximum atomic E-state index is 11.6. The minimum atomic E-state index is -0.0363. The van der Waals surface area contributed by atoms with Crippen LogP contribution in [0.2, 0.25) is 0 Å². The molecule has 3 heteroatoms. The van der Waals surface area contributed by atoms with Gasteiger partial charge in [-0.3, -0.25) is 4.79 Å². The highest BCUT2D eigenvalue weighted by molar-refractivity contribution is 5.69. The molecule has 0 N–H and O–H groups in total. The Balaban J connectivity index is 3.19. The molecule has 0 bridgehead atoms. The maximum absolute atomic E-state index is 11.6. The van der Waals surface area contributed by atoms with Crippen LogP contribution in [0, 0.1) is 0 Å². The Hall–Kier alpha value is -0.570. The van der Waals surface area contributed by atoms with Crippen molar-refractivity contribution >= 4 is 5.97 Å². The zero-order chi connectivity index (χ0) is 18.6. The number of unbranched alkanes of at least 4 members (excludes halogenated alkanes) is 12. The summed E-state index contributed by atoms with van der Waals surface area (Å²) >= 11 is 0. The van der Waals surface area contributed by atoms with Gasteiger partial charge in [0.2, 0.25) is 0 Å². The number of hydrogen-bond acceptors (Lipinski definition) is 3. The van der Waals surface area contributed by atoms with Gasteiger partial charge in [-0.25, -0.2) is 0 Å². The summed E-state index contributed by atoms with van der Waals surface area (Å²) in [6.45, 7) is 9.97. The molecule has 0 heterocycles. The fourth-order valence-corrected chi connectivity index (χ4v) is 3.17. The van der Waals surface area contributed by atoms with Crippen LogP contribution in [0.4, 0.5) is 0 Å². The number of esters is 1. The third-order valence-corrected chi connectivity index (χ3v) is 5.04. The van der Waals surface area contributed by atoms with Gasteiger partial charge in [0.15, 0.2) is 0 Å². The first-order valence-electron chi connectivity index (χ1n) is 11.1. The average molecular weight is 356 g/mol. The predicted octanol–water partition coefficient (Wildman–Crippen LogP) is 6.35.